The largest absolute Gasteiger partial charge is 0.444 e. The molecular formula is C10H20N2O3. The number of carbonyl (C=O) groups excluding carboxylic acids is 2. The molecule has 0 atom stereocenters. The van der Waals surface area contributed by atoms with Gasteiger partial charge in [-0.2, -0.15) is 0 Å². The highest BCUT2D eigenvalue weighted by Gasteiger charge is 2.16. The van der Waals surface area contributed by atoms with E-state index in [1.165, 1.54) is 0 Å². The van der Waals surface area contributed by atoms with Gasteiger partial charge in [0.05, 0.1) is 6.54 Å². The second kappa shape index (κ2) is 6.27. The summed E-state index contributed by atoms with van der Waals surface area (Å²) < 4.78 is 4.96. The molecule has 0 saturated heterocycles. The van der Waals surface area contributed by atoms with Crippen LogP contribution in [0.1, 0.15) is 34.1 Å². The summed E-state index contributed by atoms with van der Waals surface area (Å²) in [4.78, 5) is 22.2. The maximum Gasteiger partial charge on any atom is 0.408 e. The Kier molecular flexibility index (Phi) is 5.74. The van der Waals surface area contributed by atoms with Crippen molar-refractivity contribution in [1.82, 2.24) is 10.6 Å². The summed E-state index contributed by atoms with van der Waals surface area (Å²) in [5.41, 5.74) is -0.538. The van der Waals surface area contributed by atoms with Crippen LogP contribution in [0.2, 0.25) is 0 Å². The van der Waals surface area contributed by atoms with E-state index in [0.717, 1.165) is 6.42 Å². The molecule has 0 saturated carbocycles. The second-order valence-electron chi connectivity index (χ2n) is 4.21. The van der Waals surface area contributed by atoms with Crippen LogP contribution in [-0.2, 0) is 9.53 Å². The number of ether oxygens (including phenoxy) is 1. The van der Waals surface area contributed by atoms with Crippen LogP contribution in [0.15, 0.2) is 0 Å². The van der Waals surface area contributed by atoms with E-state index < -0.39 is 11.7 Å². The van der Waals surface area contributed by atoms with E-state index in [2.05, 4.69) is 10.6 Å². The lowest BCUT2D eigenvalue weighted by molar-refractivity contribution is -0.120. The lowest BCUT2D eigenvalue weighted by atomic mass is 10.2. The minimum absolute atomic E-state index is 0.0467. The van der Waals surface area contributed by atoms with Gasteiger partial charge in [-0.25, -0.2) is 4.79 Å². The quantitative estimate of drug-likeness (QED) is 0.737. The Labute approximate surface area is 90.6 Å². The lowest BCUT2D eigenvalue weighted by Gasteiger charge is -2.19. The van der Waals surface area contributed by atoms with Crippen molar-refractivity contribution in [3.8, 4) is 0 Å². The summed E-state index contributed by atoms with van der Waals surface area (Å²) >= 11 is 0. The van der Waals surface area contributed by atoms with E-state index >= 15 is 0 Å². The Bertz CT molecular complexity index is 221. The molecule has 88 valence electrons. The van der Waals surface area contributed by atoms with Crippen LogP contribution >= 0.6 is 0 Å². The van der Waals surface area contributed by atoms with E-state index in [1.54, 1.807) is 20.8 Å². The number of nitrogens with one attached hydrogen (secondary N) is 2. The summed E-state index contributed by atoms with van der Waals surface area (Å²) in [6.45, 7) is 7.84. The van der Waals surface area contributed by atoms with Gasteiger partial charge in [-0.05, 0) is 27.2 Å². The van der Waals surface area contributed by atoms with E-state index in [9.17, 15) is 9.59 Å². The van der Waals surface area contributed by atoms with Gasteiger partial charge in [-0.15, -0.1) is 0 Å². The molecular weight excluding hydrogens is 196 g/mol. The molecule has 0 aromatic rings. The third kappa shape index (κ3) is 9.05. The minimum atomic E-state index is -0.575. The van der Waals surface area contributed by atoms with Crippen LogP contribution in [-0.4, -0.2) is 30.7 Å². The van der Waals surface area contributed by atoms with Crippen molar-refractivity contribution in [3.63, 3.8) is 0 Å². The van der Waals surface area contributed by atoms with Crippen molar-refractivity contribution < 1.29 is 14.3 Å². The average molecular weight is 216 g/mol. The van der Waals surface area contributed by atoms with Gasteiger partial charge in [-0.1, -0.05) is 6.92 Å². The molecule has 0 unspecified atom stereocenters. The van der Waals surface area contributed by atoms with Gasteiger partial charge >= 0.3 is 6.09 Å². The van der Waals surface area contributed by atoms with Gasteiger partial charge in [0, 0.05) is 6.54 Å². The van der Waals surface area contributed by atoms with Crippen molar-refractivity contribution in [3.05, 3.63) is 0 Å². The van der Waals surface area contributed by atoms with Gasteiger partial charge in [0.2, 0.25) is 5.91 Å². The molecule has 0 aliphatic rings. The third-order valence-electron chi connectivity index (χ3n) is 1.36. The van der Waals surface area contributed by atoms with E-state index in [1.807, 2.05) is 6.92 Å². The molecule has 5 heteroatoms. The van der Waals surface area contributed by atoms with Crippen LogP contribution < -0.4 is 10.6 Å². The summed E-state index contributed by atoms with van der Waals surface area (Å²) in [5, 5.41) is 5.02. The first-order valence-corrected chi connectivity index (χ1v) is 5.08. The smallest absolute Gasteiger partial charge is 0.408 e. The molecule has 15 heavy (non-hydrogen) atoms. The second-order valence-corrected chi connectivity index (χ2v) is 4.21. The van der Waals surface area contributed by atoms with Gasteiger partial charge < -0.3 is 15.4 Å². The molecule has 0 radical (unpaired) electrons. The fraction of sp³-hybridized carbons (Fsp3) is 0.800. The fourth-order valence-electron chi connectivity index (χ4n) is 0.794. The summed E-state index contributed by atoms with van der Waals surface area (Å²) in [6.07, 6.45) is 0.298. The van der Waals surface area contributed by atoms with Gasteiger partial charge in [0.15, 0.2) is 0 Å². The van der Waals surface area contributed by atoms with Crippen LogP contribution in [0.5, 0.6) is 0 Å². The first-order chi connectivity index (χ1) is 6.85. The van der Waals surface area contributed by atoms with Crippen molar-refractivity contribution >= 4 is 12.0 Å². The van der Waals surface area contributed by atoms with E-state index in [0.29, 0.717) is 6.54 Å². The Morgan fingerprint density at radius 2 is 1.80 bits per heavy atom. The SMILES string of the molecule is CCCNC(=O)CNC(=O)OC(C)(C)C. The van der Waals surface area contributed by atoms with Crippen LogP contribution in [0.3, 0.4) is 0 Å². The zero-order valence-electron chi connectivity index (χ0n) is 9.85. The Morgan fingerprint density at radius 1 is 1.20 bits per heavy atom. The molecule has 0 aliphatic carbocycles. The zero-order valence-corrected chi connectivity index (χ0v) is 9.85. The van der Waals surface area contributed by atoms with E-state index in [4.69, 9.17) is 4.74 Å². The predicted molar refractivity (Wildman–Crippen MR) is 57.5 cm³/mol. The van der Waals surface area contributed by atoms with E-state index in [-0.39, 0.29) is 12.5 Å². The van der Waals surface area contributed by atoms with Gasteiger partial charge in [-0.3, -0.25) is 4.79 Å². The van der Waals surface area contributed by atoms with Crippen molar-refractivity contribution in [2.45, 2.75) is 39.7 Å². The Balaban J connectivity index is 3.67. The maximum absolute atomic E-state index is 11.1. The Morgan fingerprint density at radius 3 is 2.27 bits per heavy atom. The van der Waals surface area contributed by atoms with Crippen molar-refractivity contribution in [1.29, 1.82) is 0 Å². The van der Waals surface area contributed by atoms with Gasteiger partial charge in [0.25, 0.3) is 0 Å². The fourth-order valence-corrected chi connectivity index (χ4v) is 0.794. The number of hydrogen-bond acceptors (Lipinski definition) is 3. The highest BCUT2D eigenvalue weighted by atomic mass is 16.6. The molecule has 0 rings (SSSR count). The van der Waals surface area contributed by atoms with Crippen LogP contribution in [0.4, 0.5) is 4.79 Å². The molecule has 0 spiro atoms. The van der Waals surface area contributed by atoms with Crippen molar-refractivity contribution in [2.24, 2.45) is 0 Å². The molecule has 2 amide bonds. The number of carbonyl (C=O) groups is 2. The number of alkyl carbamates (subject to hydrolysis) is 1. The molecule has 0 bridgehead atoms. The zero-order chi connectivity index (χ0) is 11.9. The molecule has 0 fully saturated rings. The number of hydrogen-bond donors (Lipinski definition) is 2. The number of rotatable bonds is 4. The summed E-state index contributed by atoms with van der Waals surface area (Å²) in [6, 6.07) is 0. The monoisotopic (exact) mass is 216 g/mol. The number of amides is 2. The van der Waals surface area contributed by atoms with Crippen LogP contribution in [0, 0.1) is 0 Å². The first-order valence-electron chi connectivity index (χ1n) is 5.08. The highest BCUT2D eigenvalue weighted by molar-refractivity contribution is 5.82. The molecule has 2 N–H and O–H groups in total. The molecule has 5 nitrogen and oxygen atoms in total. The van der Waals surface area contributed by atoms with Crippen LogP contribution in [0.25, 0.3) is 0 Å². The molecule has 0 aromatic heterocycles. The van der Waals surface area contributed by atoms with Crippen molar-refractivity contribution in [2.75, 3.05) is 13.1 Å². The maximum atomic E-state index is 11.1. The molecule has 0 aromatic carbocycles. The normalized spacial score (nSPS) is 10.7. The topological polar surface area (TPSA) is 67.4 Å². The summed E-state index contributed by atoms with van der Waals surface area (Å²) in [7, 11) is 0. The lowest BCUT2D eigenvalue weighted by Crippen LogP contribution is -2.39. The van der Waals surface area contributed by atoms with Gasteiger partial charge in [0.1, 0.15) is 5.60 Å². The molecule has 0 heterocycles. The predicted octanol–water partition coefficient (Wildman–Crippen LogP) is 1.04. The third-order valence-corrected chi connectivity index (χ3v) is 1.36. The Hall–Kier alpha value is -1.26. The standard InChI is InChI=1S/C10H20N2O3/c1-5-6-11-8(13)7-12-9(14)15-10(2,3)4/h5-7H2,1-4H3,(H,11,13)(H,12,14). The minimum Gasteiger partial charge on any atom is -0.444 e. The molecule has 0 aliphatic heterocycles. The first kappa shape index (κ1) is 13.7. The highest BCUT2D eigenvalue weighted by Crippen LogP contribution is 2.05. The summed E-state index contributed by atoms with van der Waals surface area (Å²) in [5.74, 6) is -0.206. The average Bonchev–Trinajstić information content (AvgIpc) is 2.08.